The Bertz CT molecular complexity index is 354. The van der Waals surface area contributed by atoms with Crippen molar-refractivity contribution in [2.75, 3.05) is 6.54 Å². The lowest BCUT2D eigenvalue weighted by molar-refractivity contribution is 0.0952. The maximum absolute atomic E-state index is 11.8. The van der Waals surface area contributed by atoms with Crippen molar-refractivity contribution >= 4 is 21.8 Å². The van der Waals surface area contributed by atoms with E-state index in [2.05, 4.69) is 35.1 Å². The predicted molar refractivity (Wildman–Crippen MR) is 70.7 cm³/mol. The van der Waals surface area contributed by atoms with Gasteiger partial charge in [0.05, 0.1) is 0 Å². The van der Waals surface area contributed by atoms with Crippen molar-refractivity contribution in [3.63, 3.8) is 0 Å². The first-order valence-corrected chi connectivity index (χ1v) is 6.33. The number of hydrogen-bond acceptors (Lipinski definition) is 1. The maximum atomic E-state index is 11.8. The van der Waals surface area contributed by atoms with Crippen molar-refractivity contribution in [2.45, 2.75) is 27.2 Å². The lowest BCUT2D eigenvalue weighted by Crippen LogP contribution is -2.25. The second-order valence-electron chi connectivity index (χ2n) is 4.46. The Morgan fingerprint density at radius 3 is 2.62 bits per heavy atom. The minimum absolute atomic E-state index is 0.00468. The molecule has 0 aliphatic carbocycles. The first-order valence-electron chi connectivity index (χ1n) is 5.54. The predicted octanol–water partition coefficient (Wildman–Crippen LogP) is 3.53. The molecule has 16 heavy (non-hydrogen) atoms. The molecule has 0 aliphatic rings. The van der Waals surface area contributed by atoms with Gasteiger partial charge < -0.3 is 5.32 Å². The fourth-order valence-corrected chi connectivity index (χ4v) is 2.05. The number of amides is 1. The van der Waals surface area contributed by atoms with Gasteiger partial charge in [-0.25, -0.2) is 0 Å². The van der Waals surface area contributed by atoms with Crippen LogP contribution in [0.3, 0.4) is 0 Å². The Morgan fingerprint density at radius 2 is 2.06 bits per heavy atom. The van der Waals surface area contributed by atoms with Gasteiger partial charge in [-0.2, -0.15) is 0 Å². The number of carbonyl (C=O) groups is 1. The number of hydrogen-bond donors (Lipinski definition) is 1. The summed E-state index contributed by atoms with van der Waals surface area (Å²) in [6.45, 7) is 7.02. The summed E-state index contributed by atoms with van der Waals surface area (Å²) in [6, 6.07) is 5.73. The highest BCUT2D eigenvalue weighted by Crippen LogP contribution is 2.15. The molecule has 1 aromatic carbocycles. The fraction of sp³-hybridized carbons (Fsp3) is 0.462. The largest absolute Gasteiger partial charge is 0.352 e. The van der Waals surface area contributed by atoms with E-state index in [1.165, 1.54) is 0 Å². The minimum Gasteiger partial charge on any atom is -0.352 e. The first kappa shape index (κ1) is 13.2. The topological polar surface area (TPSA) is 29.1 Å². The molecular weight excluding hydrogens is 266 g/mol. The van der Waals surface area contributed by atoms with Crippen LogP contribution in [0.5, 0.6) is 0 Å². The van der Waals surface area contributed by atoms with Crippen molar-refractivity contribution in [1.29, 1.82) is 0 Å². The molecule has 1 N–H and O–H groups in total. The maximum Gasteiger partial charge on any atom is 0.251 e. The Morgan fingerprint density at radius 1 is 1.38 bits per heavy atom. The van der Waals surface area contributed by atoms with E-state index in [-0.39, 0.29) is 5.91 Å². The van der Waals surface area contributed by atoms with Gasteiger partial charge >= 0.3 is 0 Å². The van der Waals surface area contributed by atoms with Crippen LogP contribution in [0.25, 0.3) is 0 Å². The van der Waals surface area contributed by atoms with Gasteiger partial charge in [0, 0.05) is 16.6 Å². The number of nitrogens with one attached hydrogen (secondary N) is 1. The third kappa shape index (κ3) is 4.35. The highest BCUT2D eigenvalue weighted by atomic mass is 79.9. The smallest absolute Gasteiger partial charge is 0.251 e. The molecule has 0 saturated heterocycles. The van der Waals surface area contributed by atoms with Crippen molar-refractivity contribution in [3.05, 3.63) is 33.8 Å². The summed E-state index contributed by atoms with van der Waals surface area (Å²) in [5.74, 6) is 0.620. The van der Waals surface area contributed by atoms with E-state index >= 15 is 0 Å². The zero-order chi connectivity index (χ0) is 12.1. The fourth-order valence-electron chi connectivity index (χ4n) is 1.44. The summed E-state index contributed by atoms with van der Waals surface area (Å²) in [6.07, 6.45) is 1.01. The van der Waals surface area contributed by atoms with Gasteiger partial charge in [0.1, 0.15) is 0 Å². The zero-order valence-electron chi connectivity index (χ0n) is 10.0. The van der Waals surface area contributed by atoms with E-state index in [1.807, 2.05) is 25.1 Å². The Hall–Kier alpha value is -0.830. The van der Waals surface area contributed by atoms with Crippen LogP contribution in [0, 0.1) is 12.8 Å². The molecule has 3 heteroatoms. The van der Waals surface area contributed by atoms with Gasteiger partial charge in [0.2, 0.25) is 0 Å². The van der Waals surface area contributed by atoms with Gasteiger partial charge in [-0.15, -0.1) is 0 Å². The lowest BCUT2D eigenvalue weighted by atomic mass is 10.1. The molecule has 1 amide bonds. The highest BCUT2D eigenvalue weighted by molar-refractivity contribution is 9.10. The molecule has 0 unspecified atom stereocenters. The van der Waals surface area contributed by atoms with Gasteiger partial charge in [-0.3, -0.25) is 4.79 Å². The summed E-state index contributed by atoms with van der Waals surface area (Å²) in [5, 5.41) is 2.92. The van der Waals surface area contributed by atoms with Crippen LogP contribution in [-0.4, -0.2) is 12.5 Å². The van der Waals surface area contributed by atoms with Crippen molar-refractivity contribution in [2.24, 2.45) is 5.92 Å². The van der Waals surface area contributed by atoms with Crippen LogP contribution < -0.4 is 5.32 Å². The van der Waals surface area contributed by atoms with Crippen molar-refractivity contribution in [3.8, 4) is 0 Å². The van der Waals surface area contributed by atoms with Gasteiger partial charge in [-0.1, -0.05) is 29.8 Å². The van der Waals surface area contributed by atoms with Crippen LogP contribution in [0.1, 0.15) is 36.2 Å². The number of benzene rings is 1. The summed E-state index contributed by atoms with van der Waals surface area (Å²) < 4.78 is 0.946. The van der Waals surface area contributed by atoms with E-state index in [9.17, 15) is 4.79 Å². The summed E-state index contributed by atoms with van der Waals surface area (Å²) in [4.78, 5) is 11.8. The van der Waals surface area contributed by atoms with E-state index in [1.54, 1.807) is 0 Å². The summed E-state index contributed by atoms with van der Waals surface area (Å²) in [7, 11) is 0. The molecular formula is C13H18BrNO. The quantitative estimate of drug-likeness (QED) is 0.900. The zero-order valence-corrected chi connectivity index (χ0v) is 11.6. The van der Waals surface area contributed by atoms with Crippen LogP contribution in [0.4, 0.5) is 0 Å². The number of aryl methyl sites for hydroxylation is 1. The van der Waals surface area contributed by atoms with E-state index < -0.39 is 0 Å². The number of halogens is 1. The SMILES string of the molecule is Cc1cc(Br)cc(C(=O)NCCC(C)C)c1. The Balaban J connectivity index is 2.59. The standard InChI is InChI=1S/C13H18BrNO/c1-9(2)4-5-15-13(16)11-6-10(3)7-12(14)8-11/h6-9H,4-5H2,1-3H3,(H,15,16). The average Bonchev–Trinajstić information content (AvgIpc) is 2.15. The van der Waals surface area contributed by atoms with Crippen LogP contribution >= 0.6 is 15.9 Å². The molecule has 0 aromatic heterocycles. The molecule has 2 nitrogen and oxygen atoms in total. The molecule has 0 atom stereocenters. The molecule has 0 bridgehead atoms. The second-order valence-corrected chi connectivity index (χ2v) is 5.37. The van der Waals surface area contributed by atoms with E-state index in [0.29, 0.717) is 5.92 Å². The normalized spacial score (nSPS) is 10.6. The van der Waals surface area contributed by atoms with Crippen LogP contribution in [-0.2, 0) is 0 Å². The Labute approximate surface area is 106 Å². The van der Waals surface area contributed by atoms with Crippen LogP contribution in [0.15, 0.2) is 22.7 Å². The highest BCUT2D eigenvalue weighted by Gasteiger charge is 2.06. The molecule has 0 radical (unpaired) electrons. The minimum atomic E-state index is 0.00468. The molecule has 88 valence electrons. The summed E-state index contributed by atoms with van der Waals surface area (Å²) >= 11 is 3.39. The van der Waals surface area contributed by atoms with Crippen molar-refractivity contribution < 1.29 is 4.79 Å². The molecule has 0 heterocycles. The van der Waals surface area contributed by atoms with Gasteiger partial charge in [-0.05, 0) is 43.0 Å². The third-order valence-corrected chi connectivity index (χ3v) is 2.77. The second kappa shape index (κ2) is 6.04. The number of carbonyl (C=O) groups excluding carboxylic acids is 1. The third-order valence-electron chi connectivity index (χ3n) is 2.31. The molecule has 1 aromatic rings. The van der Waals surface area contributed by atoms with E-state index in [4.69, 9.17) is 0 Å². The molecule has 0 saturated carbocycles. The molecule has 0 spiro atoms. The number of rotatable bonds is 4. The molecule has 1 rings (SSSR count). The Kier molecular flexibility index (Phi) is 5.00. The van der Waals surface area contributed by atoms with Gasteiger partial charge in [0.15, 0.2) is 0 Å². The van der Waals surface area contributed by atoms with Gasteiger partial charge in [0.25, 0.3) is 5.91 Å². The lowest BCUT2D eigenvalue weighted by Gasteiger charge is -2.08. The molecule has 0 aliphatic heterocycles. The van der Waals surface area contributed by atoms with Crippen LogP contribution in [0.2, 0.25) is 0 Å². The molecule has 0 fully saturated rings. The van der Waals surface area contributed by atoms with E-state index in [0.717, 1.165) is 28.6 Å². The monoisotopic (exact) mass is 283 g/mol. The van der Waals surface area contributed by atoms with Crippen molar-refractivity contribution in [1.82, 2.24) is 5.32 Å². The first-order chi connectivity index (χ1) is 7.49. The summed E-state index contributed by atoms with van der Waals surface area (Å²) in [5.41, 5.74) is 1.80. The average molecular weight is 284 g/mol.